The van der Waals surface area contributed by atoms with Crippen LogP contribution in [0.3, 0.4) is 0 Å². The van der Waals surface area contributed by atoms with Crippen LogP contribution < -0.4 is 5.73 Å². The first-order valence-electron chi connectivity index (χ1n) is 4.01. The summed E-state index contributed by atoms with van der Waals surface area (Å²) in [6, 6.07) is 0. The van der Waals surface area contributed by atoms with Crippen molar-refractivity contribution in [2.75, 3.05) is 6.54 Å². The van der Waals surface area contributed by atoms with Gasteiger partial charge in [-0.05, 0) is 13.3 Å². The van der Waals surface area contributed by atoms with Crippen molar-refractivity contribution in [3.8, 4) is 0 Å². The molecule has 11 heavy (non-hydrogen) atoms. The molecule has 0 atom stereocenters. The molecule has 0 heterocycles. The summed E-state index contributed by atoms with van der Waals surface area (Å²) >= 11 is 0. The smallest absolute Gasteiger partial charge is 0.0109 e. The van der Waals surface area contributed by atoms with Crippen LogP contribution in [0.15, 0.2) is 36.0 Å². The van der Waals surface area contributed by atoms with E-state index in [1.165, 1.54) is 5.57 Å². The molecular formula is C10H17N. The topological polar surface area (TPSA) is 26.0 Å². The molecule has 1 nitrogen and oxygen atoms in total. The SMILES string of the molecule is CC\C=C/C(C)=C\C=C/CN. The number of allylic oxidation sites excluding steroid dienone is 5. The Kier molecular flexibility index (Phi) is 6.75. The van der Waals surface area contributed by atoms with E-state index in [2.05, 4.69) is 32.1 Å². The predicted molar refractivity (Wildman–Crippen MR) is 51.4 cm³/mol. The Balaban J connectivity index is 3.80. The molecule has 1 heteroatoms. The highest BCUT2D eigenvalue weighted by molar-refractivity contribution is 5.21. The lowest BCUT2D eigenvalue weighted by molar-refractivity contribution is 1.22. The van der Waals surface area contributed by atoms with E-state index in [4.69, 9.17) is 5.73 Å². The zero-order chi connectivity index (χ0) is 8.53. The summed E-state index contributed by atoms with van der Waals surface area (Å²) in [5, 5.41) is 0. The molecular weight excluding hydrogens is 134 g/mol. The minimum atomic E-state index is 0.612. The van der Waals surface area contributed by atoms with Crippen LogP contribution >= 0.6 is 0 Å². The molecule has 0 aliphatic rings. The molecule has 0 amide bonds. The van der Waals surface area contributed by atoms with Gasteiger partial charge in [0.05, 0.1) is 0 Å². The van der Waals surface area contributed by atoms with Crippen molar-refractivity contribution < 1.29 is 0 Å². The molecule has 0 aliphatic heterocycles. The van der Waals surface area contributed by atoms with E-state index >= 15 is 0 Å². The molecule has 0 aliphatic carbocycles. The standard InChI is InChI=1S/C10H17N/c1-3-4-7-10(2)8-5-6-9-11/h4-8H,3,9,11H2,1-2H3/b6-5-,7-4-,10-8-. The zero-order valence-corrected chi connectivity index (χ0v) is 7.38. The van der Waals surface area contributed by atoms with Gasteiger partial charge in [0, 0.05) is 6.54 Å². The van der Waals surface area contributed by atoms with Crippen LogP contribution in [0.4, 0.5) is 0 Å². The molecule has 0 radical (unpaired) electrons. The average molecular weight is 151 g/mol. The largest absolute Gasteiger partial charge is 0.327 e. The lowest BCUT2D eigenvalue weighted by atomic mass is 10.2. The van der Waals surface area contributed by atoms with Gasteiger partial charge in [-0.1, -0.05) is 42.9 Å². The van der Waals surface area contributed by atoms with Crippen LogP contribution in [0.2, 0.25) is 0 Å². The average Bonchev–Trinajstić information content (AvgIpc) is 2.01. The Morgan fingerprint density at radius 2 is 2.09 bits per heavy atom. The molecule has 0 unspecified atom stereocenters. The van der Waals surface area contributed by atoms with Gasteiger partial charge in [0.25, 0.3) is 0 Å². The molecule has 0 saturated carbocycles. The van der Waals surface area contributed by atoms with Crippen molar-refractivity contribution in [3.05, 3.63) is 36.0 Å². The molecule has 0 aromatic rings. The van der Waals surface area contributed by atoms with Crippen LogP contribution in [0, 0.1) is 0 Å². The van der Waals surface area contributed by atoms with Crippen LogP contribution in [0.25, 0.3) is 0 Å². The third kappa shape index (κ3) is 7.07. The molecule has 0 spiro atoms. The zero-order valence-electron chi connectivity index (χ0n) is 7.38. The van der Waals surface area contributed by atoms with Gasteiger partial charge in [-0.2, -0.15) is 0 Å². The van der Waals surface area contributed by atoms with E-state index in [0.29, 0.717) is 6.54 Å². The van der Waals surface area contributed by atoms with Crippen LogP contribution in [0.5, 0.6) is 0 Å². The summed E-state index contributed by atoms with van der Waals surface area (Å²) in [7, 11) is 0. The molecule has 0 rings (SSSR count). The van der Waals surface area contributed by atoms with Crippen molar-refractivity contribution in [2.45, 2.75) is 20.3 Å². The minimum Gasteiger partial charge on any atom is -0.327 e. The first kappa shape index (κ1) is 10.2. The Hall–Kier alpha value is -0.820. The second-order valence-corrected chi connectivity index (χ2v) is 2.39. The maximum absolute atomic E-state index is 5.28. The summed E-state index contributed by atoms with van der Waals surface area (Å²) in [4.78, 5) is 0. The highest BCUT2D eigenvalue weighted by atomic mass is 14.5. The third-order valence-electron chi connectivity index (χ3n) is 1.25. The summed E-state index contributed by atoms with van der Waals surface area (Å²) in [5.74, 6) is 0. The van der Waals surface area contributed by atoms with Crippen molar-refractivity contribution in [1.82, 2.24) is 0 Å². The second kappa shape index (κ2) is 7.29. The number of nitrogens with two attached hydrogens (primary N) is 1. The first-order chi connectivity index (χ1) is 5.31. The molecule has 0 saturated heterocycles. The van der Waals surface area contributed by atoms with Gasteiger partial charge in [0.2, 0.25) is 0 Å². The molecule has 0 fully saturated rings. The monoisotopic (exact) mass is 151 g/mol. The van der Waals surface area contributed by atoms with Crippen LogP contribution in [-0.2, 0) is 0 Å². The fourth-order valence-electron chi connectivity index (χ4n) is 0.658. The van der Waals surface area contributed by atoms with Gasteiger partial charge in [0.15, 0.2) is 0 Å². The first-order valence-corrected chi connectivity index (χ1v) is 4.01. The van der Waals surface area contributed by atoms with E-state index in [9.17, 15) is 0 Å². The quantitative estimate of drug-likeness (QED) is 0.613. The maximum atomic E-state index is 5.28. The van der Waals surface area contributed by atoms with Crippen molar-refractivity contribution >= 4 is 0 Å². The molecule has 0 aromatic heterocycles. The Bertz CT molecular complexity index is 164. The predicted octanol–water partition coefficient (Wildman–Crippen LogP) is 2.41. The Morgan fingerprint density at radius 3 is 2.64 bits per heavy atom. The normalized spacial score (nSPS) is 13.5. The highest BCUT2D eigenvalue weighted by Crippen LogP contribution is 1.95. The third-order valence-corrected chi connectivity index (χ3v) is 1.25. The molecule has 2 N–H and O–H groups in total. The number of hydrogen-bond acceptors (Lipinski definition) is 1. The second-order valence-electron chi connectivity index (χ2n) is 2.39. The fraction of sp³-hybridized carbons (Fsp3) is 0.400. The molecule has 0 aromatic carbocycles. The lowest BCUT2D eigenvalue weighted by Gasteiger charge is -1.86. The van der Waals surface area contributed by atoms with Gasteiger partial charge < -0.3 is 5.73 Å². The number of hydrogen-bond donors (Lipinski definition) is 1. The summed E-state index contributed by atoms with van der Waals surface area (Å²) in [5.41, 5.74) is 6.54. The minimum absolute atomic E-state index is 0.612. The van der Waals surface area contributed by atoms with Crippen molar-refractivity contribution in [1.29, 1.82) is 0 Å². The van der Waals surface area contributed by atoms with E-state index in [1.807, 2.05) is 12.2 Å². The van der Waals surface area contributed by atoms with Gasteiger partial charge in [-0.15, -0.1) is 0 Å². The lowest BCUT2D eigenvalue weighted by Crippen LogP contribution is -1.91. The maximum Gasteiger partial charge on any atom is 0.0109 e. The fourth-order valence-corrected chi connectivity index (χ4v) is 0.658. The number of rotatable bonds is 4. The van der Waals surface area contributed by atoms with Gasteiger partial charge in [0.1, 0.15) is 0 Å². The van der Waals surface area contributed by atoms with Gasteiger partial charge in [-0.25, -0.2) is 0 Å². The Morgan fingerprint density at radius 1 is 1.36 bits per heavy atom. The van der Waals surface area contributed by atoms with Gasteiger partial charge >= 0.3 is 0 Å². The molecule has 0 bridgehead atoms. The summed E-state index contributed by atoms with van der Waals surface area (Å²) in [6.45, 7) is 4.81. The highest BCUT2D eigenvalue weighted by Gasteiger charge is 1.75. The van der Waals surface area contributed by atoms with Crippen molar-refractivity contribution in [3.63, 3.8) is 0 Å². The van der Waals surface area contributed by atoms with Crippen molar-refractivity contribution in [2.24, 2.45) is 5.73 Å². The van der Waals surface area contributed by atoms with E-state index < -0.39 is 0 Å². The van der Waals surface area contributed by atoms with E-state index in [-0.39, 0.29) is 0 Å². The Labute approximate surface area is 69.3 Å². The molecule has 62 valence electrons. The van der Waals surface area contributed by atoms with Crippen LogP contribution in [-0.4, -0.2) is 6.54 Å². The summed E-state index contributed by atoms with van der Waals surface area (Å²) < 4.78 is 0. The van der Waals surface area contributed by atoms with Gasteiger partial charge in [-0.3, -0.25) is 0 Å². The van der Waals surface area contributed by atoms with Crippen LogP contribution in [0.1, 0.15) is 20.3 Å². The van der Waals surface area contributed by atoms with E-state index in [1.54, 1.807) is 0 Å². The van der Waals surface area contributed by atoms with E-state index in [0.717, 1.165) is 6.42 Å². The summed E-state index contributed by atoms with van der Waals surface area (Å²) in [6.07, 6.45) is 11.3.